The van der Waals surface area contributed by atoms with Crippen LogP contribution in [0.25, 0.3) is 21.5 Å². The Hall–Kier alpha value is -3.88. The number of benzene rings is 4. The van der Waals surface area contributed by atoms with Gasteiger partial charge in [0.15, 0.2) is 0 Å². The van der Waals surface area contributed by atoms with Crippen LogP contribution in [0.15, 0.2) is 167 Å². The molecule has 4 aliphatic carbocycles. The minimum atomic E-state index is -2.18. The molecule has 0 aliphatic heterocycles. The van der Waals surface area contributed by atoms with E-state index in [4.69, 9.17) is 23.2 Å². The van der Waals surface area contributed by atoms with Crippen LogP contribution < -0.4 is 0 Å². The summed E-state index contributed by atoms with van der Waals surface area (Å²) in [6.45, 7) is 14.9. The molecule has 4 atom stereocenters. The number of hydrogen-bond donors (Lipinski definition) is 0. The maximum absolute atomic E-state index is 6.95. The fourth-order valence-electron chi connectivity index (χ4n) is 9.52. The Morgan fingerprint density at radius 2 is 0.941 bits per heavy atom. The van der Waals surface area contributed by atoms with E-state index in [0.717, 1.165) is 20.8 Å². The Morgan fingerprint density at radius 3 is 1.35 bits per heavy atom. The summed E-state index contributed by atoms with van der Waals surface area (Å²) in [5.41, 5.74) is 12.3. The lowest BCUT2D eigenvalue weighted by molar-refractivity contribution is 0.718. The first-order chi connectivity index (χ1) is 24.5. The topological polar surface area (TPSA) is 0 Å². The van der Waals surface area contributed by atoms with E-state index in [-0.39, 0.29) is 11.8 Å². The van der Waals surface area contributed by atoms with Crippen LogP contribution in [0.1, 0.15) is 50.7 Å². The fourth-order valence-corrected chi connectivity index (χ4v) is 15.1. The molecule has 0 aromatic heterocycles. The quantitative estimate of drug-likeness (QED) is 0.174. The van der Waals surface area contributed by atoms with Crippen LogP contribution in [-0.4, -0.2) is 8.07 Å². The largest absolute Gasteiger partial charge is 0.0837 e. The highest BCUT2D eigenvalue weighted by atomic mass is 35.5. The maximum atomic E-state index is 6.95. The SMILES string of the molecule is CC(C)C1=CC2=C(C=CC=CC2c2cc(Cl)c3ccccc3c2)C1[Si](C)(C)C1C(C(C)C)=CC2=C1C=CC=CC2c1cc(Cl)c2ccccc2c1. The molecule has 0 bridgehead atoms. The third-order valence-electron chi connectivity index (χ3n) is 11.9. The zero-order chi connectivity index (χ0) is 35.6. The van der Waals surface area contributed by atoms with Gasteiger partial charge in [0.25, 0.3) is 0 Å². The fraction of sp³-hybridized carbons (Fsp3) is 0.250. The van der Waals surface area contributed by atoms with Gasteiger partial charge in [-0.3, -0.25) is 0 Å². The standard InChI is InChI=1S/C48H46Cl2Si/c1-29(2)41-27-43-35(33-23-31-15-7-9-19-37(31)45(49)25-33)17-11-13-21-39(43)47(41)51(5,6)48-40-22-14-12-18-36(44(40)28-42(48)30(3)4)34-24-32-16-8-10-20-38(32)46(50)26-34/h7-30,35-36,47-48H,1-6H3. The monoisotopic (exact) mass is 720 g/mol. The second kappa shape index (κ2) is 13.3. The Bertz CT molecular complexity index is 2170. The number of fused-ring (bicyclic) bond motifs is 2. The van der Waals surface area contributed by atoms with E-state index in [1.165, 1.54) is 44.2 Å². The molecule has 0 nitrogen and oxygen atoms in total. The zero-order valence-corrected chi connectivity index (χ0v) is 32.9. The Morgan fingerprint density at radius 1 is 0.529 bits per heavy atom. The van der Waals surface area contributed by atoms with E-state index in [9.17, 15) is 0 Å². The molecule has 0 heterocycles. The van der Waals surface area contributed by atoms with Crippen molar-refractivity contribution in [3.8, 4) is 0 Å². The second-order valence-electron chi connectivity index (χ2n) is 16.0. The first-order valence-corrected chi connectivity index (χ1v) is 22.4. The van der Waals surface area contributed by atoms with E-state index < -0.39 is 8.07 Å². The van der Waals surface area contributed by atoms with Crippen molar-refractivity contribution in [3.05, 3.63) is 188 Å². The summed E-state index contributed by atoms with van der Waals surface area (Å²) in [5, 5.41) is 6.24. The summed E-state index contributed by atoms with van der Waals surface area (Å²) < 4.78 is 0. The third kappa shape index (κ3) is 5.83. The smallest absolute Gasteiger partial charge is 0.0722 e. The van der Waals surface area contributed by atoms with Crippen molar-refractivity contribution < 1.29 is 0 Å². The molecule has 3 heteroatoms. The second-order valence-corrected chi connectivity index (χ2v) is 21.6. The van der Waals surface area contributed by atoms with Crippen LogP contribution in [0.3, 0.4) is 0 Å². The molecule has 0 saturated heterocycles. The van der Waals surface area contributed by atoms with Gasteiger partial charge in [-0.1, -0.05) is 197 Å². The Balaban J connectivity index is 1.27. The van der Waals surface area contributed by atoms with Crippen LogP contribution in [0, 0.1) is 11.8 Å². The highest BCUT2D eigenvalue weighted by Gasteiger charge is 2.50. The van der Waals surface area contributed by atoms with Crippen molar-refractivity contribution in [1.82, 2.24) is 0 Å². The van der Waals surface area contributed by atoms with E-state index in [2.05, 4.69) is 174 Å². The van der Waals surface area contributed by atoms with Crippen molar-refractivity contribution in [2.75, 3.05) is 0 Å². The molecule has 8 rings (SSSR count). The van der Waals surface area contributed by atoms with Crippen molar-refractivity contribution in [1.29, 1.82) is 0 Å². The molecule has 4 unspecified atom stereocenters. The van der Waals surface area contributed by atoms with E-state index in [0.29, 0.717) is 22.9 Å². The van der Waals surface area contributed by atoms with Gasteiger partial charge in [0, 0.05) is 43.7 Å². The van der Waals surface area contributed by atoms with E-state index >= 15 is 0 Å². The lowest BCUT2D eigenvalue weighted by Gasteiger charge is -2.42. The molecular formula is C48H46Cl2Si. The maximum Gasteiger partial charge on any atom is 0.0722 e. The first-order valence-electron chi connectivity index (χ1n) is 18.5. The van der Waals surface area contributed by atoms with Crippen molar-refractivity contribution in [2.45, 2.75) is 63.7 Å². The molecule has 0 fully saturated rings. The predicted molar refractivity (Wildman–Crippen MR) is 225 cm³/mol. The summed E-state index contributed by atoms with van der Waals surface area (Å²) in [6, 6.07) is 26.0. The summed E-state index contributed by atoms with van der Waals surface area (Å²) >= 11 is 13.9. The molecule has 0 N–H and O–H groups in total. The Labute approximate surface area is 315 Å². The summed E-state index contributed by atoms with van der Waals surface area (Å²) in [4.78, 5) is 0. The van der Waals surface area contributed by atoms with Gasteiger partial charge in [-0.25, -0.2) is 0 Å². The molecule has 0 amide bonds. The number of rotatable bonds is 6. The Kier molecular flexibility index (Phi) is 8.90. The molecule has 256 valence electrons. The highest BCUT2D eigenvalue weighted by molar-refractivity contribution is 6.83. The van der Waals surface area contributed by atoms with Gasteiger partial charge in [-0.2, -0.15) is 0 Å². The van der Waals surface area contributed by atoms with Gasteiger partial charge < -0.3 is 0 Å². The van der Waals surface area contributed by atoms with E-state index in [1.54, 1.807) is 11.1 Å². The number of halogens is 2. The molecule has 0 radical (unpaired) electrons. The van der Waals surface area contributed by atoms with Gasteiger partial charge in [-0.05, 0) is 68.2 Å². The van der Waals surface area contributed by atoms with Crippen LogP contribution in [-0.2, 0) is 0 Å². The number of hydrogen-bond acceptors (Lipinski definition) is 0. The first kappa shape index (κ1) is 34.2. The third-order valence-corrected chi connectivity index (χ3v) is 16.7. The van der Waals surface area contributed by atoms with Gasteiger partial charge in [0.2, 0.25) is 0 Å². The van der Waals surface area contributed by atoms with Crippen LogP contribution in [0.2, 0.25) is 34.2 Å². The minimum absolute atomic E-state index is 0.142. The average Bonchev–Trinajstić information content (AvgIpc) is 3.54. The zero-order valence-electron chi connectivity index (χ0n) is 30.4. The summed E-state index contributed by atoms with van der Waals surface area (Å²) in [6.07, 6.45) is 23.8. The number of allylic oxidation sites excluding steroid dienone is 16. The molecule has 4 aromatic rings. The van der Waals surface area contributed by atoms with Gasteiger partial charge in [0.05, 0.1) is 8.07 Å². The average molecular weight is 722 g/mol. The molecule has 51 heavy (non-hydrogen) atoms. The van der Waals surface area contributed by atoms with Crippen LogP contribution >= 0.6 is 23.2 Å². The lowest BCUT2D eigenvalue weighted by Crippen LogP contribution is -2.41. The molecule has 4 aliphatic rings. The summed E-state index contributed by atoms with van der Waals surface area (Å²) in [5.74, 6) is 1.16. The van der Waals surface area contributed by atoms with E-state index in [1.807, 2.05) is 0 Å². The molecular weight excluding hydrogens is 676 g/mol. The predicted octanol–water partition coefficient (Wildman–Crippen LogP) is 14.7. The van der Waals surface area contributed by atoms with Crippen molar-refractivity contribution in [3.63, 3.8) is 0 Å². The van der Waals surface area contributed by atoms with Gasteiger partial charge in [-0.15, -0.1) is 0 Å². The minimum Gasteiger partial charge on any atom is -0.0837 e. The van der Waals surface area contributed by atoms with Gasteiger partial charge in [0.1, 0.15) is 0 Å². The van der Waals surface area contributed by atoms with Gasteiger partial charge >= 0.3 is 0 Å². The lowest BCUT2D eigenvalue weighted by atomic mass is 9.88. The van der Waals surface area contributed by atoms with Crippen LogP contribution in [0.4, 0.5) is 0 Å². The molecule has 0 spiro atoms. The summed E-state index contributed by atoms with van der Waals surface area (Å²) in [7, 11) is -2.18. The highest BCUT2D eigenvalue weighted by Crippen LogP contribution is 2.60. The normalized spacial score (nSPS) is 23.0. The van der Waals surface area contributed by atoms with Crippen molar-refractivity contribution >= 4 is 52.8 Å². The molecule has 4 aromatic carbocycles. The molecule has 0 saturated carbocycles. The van der Waals surface area contributed by atoms with Crippen LogP contribution in [0.5, 0.6) is 0 Å². The van der Waals surface area contributed by atoms with Crippen molar-refractivity contribution in [2.24, 2.45) is 11.8 Å².